The fraction of sp³-hybridized carbons (Fsp3) is 0.590. The van der Waals surface area contributed by atoms with E-state index < -0.39 is 12.1 Å². The minimum Gasteiger partial charge on any atom is -0.394 e. The molecule has 0 aromatic rings. The number of carbonyl (C=O) groups is 1. The zero-order valence-corrected chi connectivity index (χ0v) is 41.9. The molecule has 1 amide bonds. The second-order valence-electron chi connectivity index (χ2n) is 17.2. The summed E-state index contributed by atoms with van der Waals surface area (Å²) in [6, 6.07) is -0.653. The summed E-state index contributed by atoms with van der Waals surface area (Å²) in [4.78, 5) is 12.4. The predicted octanol–water partition coefficient (Wildman–Crippen LogP) is 17.6. The largest absolute Gasteiger partial charge is 0.394 e. The van der Waals surface area contributed by atoms with Crippen LogP contribution in [0, 0.1) is 0 Å². The highest BCUT2D eigenvalue weighted by atomic mass is 16.3. The SMILES string of the molecule is CC/C=C\C/C=C\C/C=C\C/C=C\C/C=C\C/C=C\C/C=C\C/C=C\C/C=C\C/C=C\CCCCCCCCCCC(=O)NC(CO)C(O)/C=C/CC/C=C/CCCCCCCCCC. The maximum Gasteiger partial charge on any atom is 0.220 e. The van der Waals surface area contributed by atoms with Gasteiger partial charge in [-0.05, 0) is 109 Å². The number of allylic oxidation sites excluding steroid dienone is 23. The molecule has 366 valence electrons. The van der Waals surface area contributed by atoms with Crippen molar-refractivity contribution in [3.63, 3.8) is 0 Å². The van der Waals surface area contributed by atoms with Crippen LogP contribution >= 0.6 is 0 Å². The number of nitrogens with one attached hydrogen (secondary N) is 1. The van der Waals surface area contributed by atoms with E-state index >= 15 is 0 Å². The molecule has 2 atom stereocenters. The van der Waals surface area contributed by atoms with E-state index in [0.717, 1.165) is 109 Å². The number of carbonyl (C=O) groups excluding carboxylic acids is 1. The standard InChI is InChI=1S/C61H99NO3/c1-3-5-7-9-11-13-15-17-19-20-21-22-23-24-25-26-27-28-29-30-31-32-33-34-35-36-37-38-39-40-41-42-43-45-47-49-51-53-55-57-61(65)62-59(58-63)60(64)56-54-52-50-48-46-44-18-16-14-12-10-8-6-4-2/h5,7,11,13,17,19,21-22,24-25,27-28,30-31,33-34,36-37,39-40,46,48,54,56,59-60,63-64H,3-4,6,8-10,12,14-16,18,20,23,26,29,32,35,38,41-45,47,49-53,55,57-58H2,1-2H3,(H,62,65)/b7-5-,13-11-,19-17-,22-21-,25-24-,28-27-,31-30-,34-33-,37-36-,40-39-,48-46+,56-54+. The topological polar surface area (TPSA) is 69.6 Å². The van der Waals surface area contributed by atoms with Crippen molar-refractivity contribution >= 4 is 5.91 Å². The molecule has 0 bridgehead atoms. The van der Waals surface area contributed by atoms with Crippen LogP contribution in [-0.2, 0) is 4.79 Å². The summed E-state index contributed by atoms with van der Waals surface area (Å²) in [6.07, 6.45) is 87.0. The van der Waals surface area contributed by atoms with E-state index in [1.54, 1.807) is 6.08 Å². The van der Waals surface area contributed by atoms with Crippen LogP contribution in [0.15, 0.2) is 146 Å². The van der Waals surface area contributed by atoms with Gasteiger partial charge in [-0.1, -0.05) is 243 Å². The highest BCUT2D eigenvalue weighted by Gasteiger charge is 2.17. The number of hydrogen-bond donors (Lipinski definition) is 3. The van der Waals surface area contributed by atoms with Crippen LogP contribution in [0.2, 0.25) is 0 Å². The van der Waals surface area contributed by atoms with Crippen LogP contribution in [0.3, 0.4) is 0 Å². The van der Waals surface area contributed by atoms with Crippen LogP contribution in [0.25, 0.3) is 0 Å². The highest BCUT2D eigenvalue weighted by molar-refractivity contribution is 5.76. The monoisotopic (exact) mass is 894 g/mol. The molecule has 2 unspecified atom stereocenters. The molecule has 0 aliphatic heterocycles. The summed E-state index contributed by atoms with van der Waals surface area (Å²) in [5.74, 6) is -0.0897. The Balaban J connectivity index is 3.67. The normalized spacial score (nSPS) is 14.1. The Hall–Kier alpha value is -3.73. The molecular formula is C61H99NO3. The number of unbranched alkanes of at least 4 members (excludes halogenated alkanes) is 17. The summed E-state index contributed by atoms with van der Waals surface area (Å²) in [7, 11) is 0. The van der Waals surface area contributed by atoms with Crippen molar-refractivity contribution in [2.45, 2.75) is 225 Å². The first kappa shape index (κ1) is 61.3. The number of amides is 1. The zero-order valence-electron chi connectivity index (χ0n) is 41.9. The fourth-order valence-corrected chi connectivity index (χ4v) is 7.04. The van der Waals surface area contributed by atoms with Crippen molar-refractivity contribution in [3.8, 4) is 0 Å². The summed E-state index contributed by atoms with van der Waals surface area (Å²) in [5, 5.41) is 23.0. The van der Waals surface area contributed by atoms with Crippen molar-refractivity contribution < 1.29 is 15.0 Å². The summed E-state index contributed by atoms with van der Waals surface area (Å²) in [5.41, 5.74) is 0. The van der Waals surface area contributed by atoms with Gasteiger partial charge in [0, 0.05) is 6.42 Å². The Bertz CT molecular complexity index is 1380. The van der Waals surface area contributed by atoms with Gasteiger partial charge in [0.15, 0.2) is 0 Å². The van der Waals surface area contributed by atoms with Gasteiger partial charge in [-0.3, -0.25) is 4.79 Å². The third-order valence-electron chi connectivity index (χ3n) is 11.1. The molecule has 0 spiro atoms. The summed E-state index contributed by atoms with van der Waals surface area (Å²) < 4.78 is 0. The second-order valence-corrected chi connectivity index (χ2v) is 17.2. The number of aliphatic hydroxyl groups is 2. The molecule has 0 aromatic carbocycles. The van der Waals surface area contributed by atoms with E-state index in [1.807, 2.05) is 6.08 Å². The van der Waals surface area contributed by atoms with Crippen molar-refractivity contribution in [1.82, 2.24) is 5.32 Å². The molecule has 0 fully saturated rings. The van der Waals surface area contributed by atoms with Crippen LogP contribution in [0.4, 0.5) is 0 Å². The van der Waals surface area contributed by atoms with Crippen LogP contribution < -0.4 is 5.32 Å². The van der Waals surface area contributed by atoms with Gasteiger partial charge in [0.25, 0.3) is 0 Å². The van der Waals surface area contributed by atoms with Gasteiger partial charge in [0.1, 0.15) is 0 Å². The number of rotatable bonds is 46. The molecule has 65 heavy (non-hydrogen) atoms. The Kier molecular flexibility index (Phi) is 51.5. The van der Waals surface area contributed by atoms with Crippen LogP contribution in [0.1, 0.15) is 213 Å². The second kappa shape index (κ2) is 54.6. The first-order valence-electron chi connectivity index (χ1n) is 26.5. The highest BCUT2D eigenvalue weighted by Crippen LogP contribution is 2.13. The van der Waals surface area contributed by atoms with Gasteiger partial charge < -0.3 is 15.5 Å². The lowest BCUT2D eigenvalue weighted by Gasteiger charge is -2.19. The molecule has 4 nitrogen and oxygen atoms in total. The lowest BCUT2D eigenvalue weighted by molar-refractivity contribution is -0.123. The van der Waals surface area contributed by atoms with Gasteiger partial charge >= 0.3 is 0 Å². The maximum absolute atomic E-state index is 12.4. The molecule has 3 N–H and O–H groups in total. The Morgan fingerprint density at radius 2 is 0.692 bits per heavy atom. The molecule has 0 heterocycles. The summed E-state index contributed by atoms with van der Waals surface area (Å²) in [6.45, 7) is 4.16. The quantitative estimate of drug-likeness (QED) is 0.0421. The Morgan fingerprint density at radius 3 is 1.08 bits per heavy atom. The number of hydrogen-bond acceptors (Lipinski definition) is 3. The van der Waals surface area contributed by atoms with Gasteiger partial charge in [-0.2, -0.15) is 0 Å². The summed E-state index contributed by atoms with van der Waals surface area (Å²) >= 11 is 0. The molecule has 0 aliphatic rings. The van der Waals surface area contributed by atoms with Crippen molar-refractivity contribution in [2.24, 2.45) is 0 Å². The third-order valence-corrected chi connectivity index (χ3v) is 11.1. The minimum absolute atomic E-state index is 0.0897. The van der Waals surface area contributed by atoms with Gasteiger partial charge in [0.05, 0.1) is 18.8 Å². The van der Waals surface area contributed by atoms with E-state index in [2.05, 4.69) is 153 Å². The lowest BCUT2D eigenvalue weighted by atomic mass is 10.1. The zero-order chi connectivity index (χ0) is 47.0. The molecule has 0 rings (SSSR count). The molecule has 0 saturated heterocycles. The molecule has 4 heteroatoms. The molecular weight excluding hydrogens is 795 g/mol. The van der Waals surface area contributed by atoms with Crippen molar-refractivity contribution in [3.05, 3.63) is 146 Å². The number of aliphatic hydroxyl groups excluding tert-OH is 2. The van der Waals surface area contributed by atoms with Gasteiger partial charge in [-0.25, -0.2) is 0 Å². The van der Waals surface area contributed by atoms with E-state index in [0.29, 0.717) is 6.42 Å². The van der Waals surface area contributed by atoms with E-state index in [9.17, 15) is 15.0 Å². The van der Waals surface area contributed by atoms with Crippen molar-refractivity contribution in [2.75, 3.05) is 6.61 Å². The maximum atomic E-state index is 12.4. The molecule has 0 saturated carbocycles. The van der Waals surface area contributed by atoms with E-state index in [-0.39, 0.29) is 12.5 Å². The first-order chi connectivity index (χ1) is 32.2. The minimum atomic E-state index is -0.875. The fourth-order valence-electron chi connectivity index (χ4n) is 7.04. The van der Waals surface area contributed by atoms with Gasteiger partial charge in [0.2, 0.25) is 5.91 Å². The van der Waals surface area contributed by atoms with Crippen LogP contribution in [0.5, 0.6) is 0 Å². The van der Waals surface area contributed by atoms with E-state index in [4.69, 9.17) is 0 Å². The third kappa shape index (κ3) is 51.1. The molecule has 0 aromatic heterocycles. The van der Waals surface area contributed by atoms with E-state index in [1.165, 1.54) is 83.5 Å². The lowest BCUT2D eigenvalue weighted by Crippen LogP contribution is -2.45. The molecule has 0 aliphatic carbocycles. The average Bonchev–Trinajstić information content (AvgIpc) is 3.31. The Morgan fingerprint density at radius 1 is 0.385 bits per heavy atom. The molecule has 0 radical (unpaired) electrons. The smallest absolute Gasteiger partial charge is 0.220 e. The Labute approximate surface area is 402 Å². The van der Waals surface area contributed by atoms with Crippen LogP contribution in [-0.4, -0.2) is 34.9 Å². The average molecular weight is 894 g/mol. The van der Waals surface area contributed by atoms with Gasteiger partial charge in [-0.15, -0.1) is 0 Å². The first-order valence-corrected chi connectivity index (χ1v) is 26.5. The predicted molar refractivity (Wildman–Crippen MR) is 289 cm³/mol. The van der Waals surface area contributed by atoms with Crippen molar-refractivity contribution in [1.29, 1.82) is 0 Å².